The number of hydrogen-bond donors (Lipinski definition) is 3. The van der Waals surface area contributed by atoms with E-state index in [2.05, 4.69) is 29.7 Å². The molecule has 2 aromatic rings. The molecule has 0 aliphatic carbocycles. The summed E-state index contributed by atoms with van der Waals surface area (Å²) in [4.78, 5) is 25.2. The van der Waals surface area contributed by atoms with E-state index in [4.69, 9.17) is 0 Å². The highest BCUT2D eigenvalue weighted by Gasteiger charge is 2.17. The Morgan fingerprint density at radius 2 is 1.70 bits per heavy atom. The predicted octanol–water partition coefficient (Wildman–Crippen LogP) is 1.72. The summed E-state index contributed by atoms with van der Waals surface area (Å²) in [6.45, 7) is 3.26. The normalized spacial score (nSPS) is 12.9. The molecule has 0 saturated heterocycles. The van der Waals surface area contributed by atoms with Crippen LogP contribution in [0.5, 0.6) is 0 Å². The molecule has 5 heteroatoms. The lowest BCUT2D eigenvalue weighted by molar-refractivity contribution is -0.885. The molecule has 0 bridgehead atoms. The van der Waals surface area contributed by atoms with E-state index in [1.54, 1.807) is 7.05 Å². The summed E-state index contributed by atoms with van der Waals surface area (Å²) in [6.07, 6.45) is 1.94. The molecule has 0 heterocycles. The summed E-state index contributed by atoms with van der Waals surface area (Å²) in [5, 5.41) is 5.78. The minimum absolute atomic E-state index is 0.0526. The lowest BCUT2D eigenvalue weighted by Gasteiger charge is -2.20. The molecule has 2 amide bonds. The number of nitrogens with one attached hydrogen (secondary N) is 3. The summed E-state index contributed by atoms with van der Waals surface area (Å²) in [6, 6.07) is 17.7. The Labute approximate surface area is 161 Å². The van der Waals surface area contributed by atoms with E-state index in [0.29, 0.717) is 12.1 Å². The molecule has 144 valence electrons. The van der Waals surface area contributed by atoms with Crippen molar-refractivity contribution in [1.29, 1.82) is 0 Å². The number of hydrogen-bond acceptors (Lipinski definition) is 2. The molecule has 0 saturated carbocycles. The van der Waals surface area contributed by atoms with Gasteiger partial charge < -0.3 is 15.5 Å². The highest BCUT2D eigenvalue weighted by atomic mass is 16.2. The molecule has 1 unspecified atom stereocenters. The first kappa shape index (κ1) is 20.6. The zero-order chi connectivity index (χ0) is 19.6. The quantitative estimate of drug-likeness (QED) is 0.631. The molecular weight excluding hydrogens is 338 g/mol. The van der Waals surface area contributed by atoms with Crippen LogP contribution in [0.4, 0.5) is 0 Å². The van der Waals surface area contributed by atoms with Gasteiger partial charge in [-0.15, -0.1) is 0 Å². The van der Waals surface area contributed by atoms with Gasteiger partial charge in [-0.05, 0) is 24.1 Å². The summed E-state index contributed by atoms with van der Waals surface area (Å²) in [7, 11) is 3.62. The van der Waals surface area contributed by atoms with Gasteiger partial charge in [0.15, 0.2) is 6.54 Å². The zero-order valence-corrected chi connectivity index (χ0v) is 16.4. The van der Waals surface area contributed by atoms with Gasteiger partial charge in [0.2, 0.25) is 0 Å². The maximum Gasteiger partial charge on any atom is 0.275 e. The van der Waals surface area contributed by atoms with Crippen LogP contribution in [0.2, 0.25) is 0 Å². The number of quaternary nitrogens is 1. The first-order chi connectivity index (χ1) is 13.0. The fraction of sp³-hybridized carbons (Fsp3) is 0.364. The Morgan fingerprint density at radius 1 is 1.04 bits per heavy atom. The van der Waals surface area contributed by atoms with Crippen LogP contribution >= 0.6 is 0 Å². The van der Waals surface area contributed by atoms with Crippen LogP contribution in [0, 0.1) is 0 Å². The molecule has 5 nitrogen and oxygen atoms in total. The number of likely N-dealkylation sites (N-methyl/N-ethyl adjacent to an activating group) is 1. The van der Waals surface area contributed by atoms with Crippen molar-refractivity contribution in [3.05, 3.63) is 71.3 Å². The molecule has 27 heavy (non-hydrogen) atoms. The third-order valence-electron chi connectivity index (χ3n) is 4.53. The molecule has 0 fully saturated rings. The van der Waals surface area contributed by atoms with Gasteiger partial charge >= 0.3 is 0 Å². The van der Waals surface area contributed by atoms with Crippen molar-refractivity contribution < 1.29 is 14.5 Å². The Balaban J connectivity index is 1.89. The van der Waals surface area contributed by atoms with E-state index in [0.717, 1.165) is 35.4 Å². The first-order valence-electron chi connectivity index (χ1n) is 9.50. The molecule has 0 aromatic heterocycles. The molecule has 2 aromatic carbocycles. The SMILES string of the molecule is CCC[C@H](NC(=O)C[NH+](C)Cc1ccc(C(=O)NC)cc1)c1ccccc1. The Hall–Kier alpha value is -2.66. The minimum atomic E-state index is -0.0930. The second kappa shape index (κ2) is 10.5. The average molecular weight is 369 g/mol. The number of amides is 2. The van der Waals surface area contributed by atoms with Crippen LogP contribution in [0.25, 0.3) is 0 Å². The number of carbonyl (C=O) groups is 2. The molecular formula is C22H30N3O2+. The third kappa shape index (κ3) is 6.53. The predicted molar refractivity (Wildman–Crippen MR) is 108 cm³/mol. The van der Waals surface area contributed by atoms with Crippen LogP contribution < -0.4 is 15.5 Å². The van der Waals surface area contributed by atoms with Gasteiger partial charge in [0.1, 0.15) is 6.54 Å². The molecule has 2 rings (SSSR count). The molecule has 3 N–H and O–H groups in total. The summed E-state index contributed by atoms with van der Waals surface area (Å²) < 4.78 is 0. The highest BCUT2D eigenvalue weighted by Crippen LogP contribution is 2.17. The van der Waals surface area contributed by atoms with Crippen molar-refractivity contribution >= 4 is 11.8 Å². The number of rotatable bonds is 9. The molecule has 0 aliphatic heterocycles. The second-order valence-corrected chi connectivity index (χ2v) is 6.91. The lowest BCUT2D eigenvalue weighted by Crippen LogP contribution is -3.08. The minimum Gasteiger partial charge on any atom is -0.355 e. The Bertz CT molecular complexity index is 729. The van der Waals surface area contributed by atoms with Crippen LogP contribution in [0.1, 0.15) is 47.3 Å². The molecule has 0 radical (unpaired) electrons. The van der Waals surface area contributed by atoms with Crippen LogP contribution in [-0.2, 0) is 11.3 Å². The average Bonchev–Trinajstić information content (AvgIpc) is 2.68. The van der Waals surface area contributed by atoms with Gasteiger partial charge in [-0.25, -0.2) is 0 Å². The fourth-order valence-electron chi connectivity index (χ4n) is 3.14. The van der Waals surface area contributed by atoms with E-state index in [1.807, 2.05) is 49.5 Å². The summed E-state index contributed by atoms with van der Waals surface area (Å²) in [5.74, 6) is -0.0405. The second-order valence-electron chi connectivity index (χ2n) is 6.91. The van der Waals surface area contributed by atoms with Crippen LogP contribution in [0.15, 0.2) is 54.6 Å². The largest absolute Gasteiger partial charge is 0.355 e. The number of carbonyl (C=O) groups excluding carboxylic acids is 2. The summed E-state index contributed by atoms with van der Waals surface area (Å²) in [5.41, 5.74) is 2.89. The van der Waals surface area contributed by atoms with Gasteiger partial charge in [0.05, 0.1) is 13.1 Å². The van der Waals surface area contributed by atoms with Crippen molar-refractivity contribution in [2.45, 2.75) is 32.4 Å². The van der Waals surface area contributed by atoms with Gasteiger partial charge in [0, 0.05) is 18.2 Å². The smallest absolute Gasteiger partial charge is 0.275 e. The topological polar surface area (TPSA) is 62.6 Å². The van der Waals surface area contributed by atoms with Crippen molar-refractivity contribution in [3.63, 3.8) is 0 Å². The zero-order valence-electron chi connectivity index (χ0n) is 16.4. The standard InChI is InChI=1S/C22H29N3O2/c1-4-8-20(18-9-6-5-7-10-18)24-21(26)16-25(3)15-17-11-13-19(14-12-17)22(27)23-2/h5-7,9-14,20H,4,8,15-16H2,1-3H3,(H,23,27)(H,24,26)/p+1/t20-/m0/s1. The van der Waals surface area contributed by atoms with Gasteiger partial charge in [-0.1, -0.05) is 55.8 Å². The Morgan fingerprint density at radius 3 is 2.30 bits per heavy atom. The van der Waals surface area contributed by atoms with E-state index >= 15 is 0 Å². The fourth-order valence-corrected chi connectivity index (χ4v) is 3.14. The van der Waals surface area contributed by atoms with Gasteiger partial charge in [-0.2, -0.15) is 0 Å². The summed E-state index contributed by atoms with van der Waals surface area (Å²) >= 11 is 0. The van der Waals surface area contributed by atoms with Crippen molar-refractivity contribution in [3.8, 4) is 0 Å². The third-order valence-corrected chi connectivity index (χ3v) is 4.53. The van der Waals surface area contributed by atoms with Crippen molar-refractivity contribution in [2.75, 3.05) is 20.6 Å². The van der Waals surface area contributed by atoms with Crippen molar-refractivity contribution in [2.24, 2.45) is 0 Å². The maximum atomic E-state index is 12.5. The monoisotopic (exact) mass is 368 g/mol. The van der Waals surface area contributed by atoms with Gasteiger partial charge in [-0.3, -0.25) is 9.59 Å². The number of benzene rings is 2. The van der Waals surface area contributed by atoms with E-state index < -0.39 is 0 Å². The first-order valence-corrected chi connectivity index (χ1v) is 9.50. The molecule has 0 aliphatic rings. The van der Waals surface area contributed by atoms with E-state index in [9.17, 15) is 9.59 Å². The lowest BCUT2D eigenvalue weighted by atomic mass is 10.0. The highest BCUT2D eigenvalue weighted by molar-refractivity contribution is 5.93. The van der Waals surface area contributed by atoms with Crippen molar-refractivity contribution in [1.82, 2.24) is 10.6 Å². The Kier molecular flexibility index (Phi) is 8.01. The van der Waals surface area contributed by atoms with E-state index in [-0.39, 0.29) is 17.9 Å². The maximum absolute atomic E-state index is 12.5. The van der Waals surface area contributed by atoms with Crippen LogP contribution in [0.3, 0.4) is 0 Å². The van der Waals surface area contributed by atoms with Gasteiger partial charge in [0.25, 0.3) is 11.8 Å². The molecule has 2 atom stereocenters. The molecule has 0 spiro atoms. The van der Waals surface area contributed by atoms with Crippen LogP contribution in [-0.4, -0.2) is 32.5 Å². The van der Waals surface area contributed by atoms with E-state index in [1.165, 1.54) is 0 Å².